The number of rotatable bonds is 13. The molecule has 2 aliphatic heterocycles. The number of halogens is 1. The van der Waals surface area contributed by atoms with Gasteiger partial charge < -0.3 is 40.5 Å². The number of amides is 2. The van der Waals surface area contributed by atoms with Gasteiger partial charge in [0.05, 0.1) is 12.6 Å². The summed E-state index contributed by atoms with van der Waals surface area (Å²) in [6.45, 7) is 2.85. The van der Waals surface area contributed by atoms with E-state index in [0.717, 1.165) is 12.8 Å². The van der Waals surface area contributed by atoms with Crippen LogP contribution in [0.5, 0.6) is 0 Å². The number of ketones is 1. The van der Waals surface area contributed by atoms with Crippen LogP contribution in [0.2, 0.25) is 0 Å². The average molecular weight is 537 g/mol. The van der Waals surface area contributed by atoms with Crippen LogP contribution in [0.1, 0.15) is 71.6 Å². The highest BCUT2D eigenvalue weighted by Gasteiger charge is 2.52. The molecule has 2 saturated heterocycles. The van der Waals surface area contributed by atoms with Gasteiger partial charge in [0.1, 0.15) is 35.8 Å². The monoisotopic (exact) mass is 536 g/mol. The highest BCUT2D eigenvalue weighted by atomic mass is 35.5. The fourth-order valence-electron chi connectivity index (χ4n) is 4.68. The molecule has 1 unspecified atom stereocenters. The fourth-order valence-corrected chi connectivity index (χ4v) is 4.96. The summed E-state index contributed by atoms with van der Waals surface area (Å²) in [6.07, 6.45) is -0.912. The third-order valence-electron chi connectivity index (χ3n) is 7.12. The lowest BCUT2D eigenvalue weighted by molar-refractivity contribution is -0.351. The number of carbonyl (C=O) groups is 3. The number of aliphatic hydroxyl groups is 5. The van der Waals surface area contributed by atoms with Crippen molar-refractivity contribution >= 4 is 29.2 Å². The Balaban J connectivity index is 1.69. The van der Waals surface area contributed by atoms with Crippen molar-refractivity contribution in [3.8, 4) is 0 Å². The van der Waals surface area contributed by atoms with E-state index in [4.69, 9.17) is 16.3 Å². The second-order valence-corrected chi connectivity index (χ2v) is 10.4. The van der Waals surface area contributed by atoms with Crippen molar-refractivity contribution in [1.29, 1.82) is 0 Å². The fraction of sp³-hybridized carbons (Fsp3) is 0.875. The Hall–Kier alpha value is -1.34. The Labute approximate surface area is 216 Å². The normalized spacial score (nSPS) is 32.2. The summed E-state index contributed by atoms with van der Waals surface area (Å²) in [6, 6.07) is -1.22. The number of ether oxygens (including phenoxy) is 1. The molecule has 0 saturated carbocycles. The summed E-state index contributed by atoms with van der Waals surface area (Å²) in [7, 11) is 0. The van der Waals surface area contributed by atoms with E-state index in [9.17, 15) is 39.9 Å². The van der Waals surface area contributed by atoms with E-state index in [1.54, 1.807) is 6.92 Å². The molecule has 11 nitrogen and oxygen atoms in total. The van der Waals surface area contributed by atoms with Crippen molar-refractivity contribution in [2.24, 2.45) is 0 Å². The van der Waals surface area contributed by atoms with E-state index < -0.39 is 54.3 Å². The van der Waals surface area contributed by atoms with E-state index in [0.29, 0.717) is 45.1 Å². The van der Waals surface area contributed by atoms with Gasteiger partial charge in [0.2, 0.25) is 11.8 Å². The molecular formula is C24H41ClN2O9. The molecule has 0 bridgehead atoms. The van der Waals surface area contributed by atoms with E-state index in [1.807, 2.05) is 0 Å². The minimum atomic E-state index is -2.06. The van der Waals surface area contributed by atoms with Crippen LogP contribution in [0.25, 0.3) is 0 Å². The molecule has 0 aromatic carbocycles. The van der Waals surface area contributed by atoms with Gasteiger partial charge in [0.25, 0.3) is 0 Å². The summed E-state index contributed by atoms with van der Waals surface area (Å²) < 4.78 is 5.25. The summed E-state index contributed by atoms with van der Waals surface area (Å²) in [5, 5.41) is 51.5. The van der Waals surface area contributed by atoms with Crippen LogP contribution in [0, 0.1) is 0 Å². The van der Waals surface area contributed by atoms with E-state index >= 15 is 0 Å². The van der Waals surface area contributed by atoms with Crippen LogP contribution in [0.3, 0.4) is 0 Å². The average Bonchev–Trinajstić information content (AvgIpc) is 3.34. The Bertz CT molecular complexity index is 755. The van der Waals surface area contributed by atoms with Gasteiger partial charge in [0, 0.05) is 13.0 Å². The molecule has 0 radical (unpaired) electrons. The maximum absolute atomic E-state index is 12.8. The Kier molecular flexibility index (Phi) is 12.0. The molecule has 2 fully saturated rings. The summed E-state index contributed by atoms with van der Waals surface area (Å²) in [5.74, 6) is -2.83. The number of nitrogens with one attached hydrogen (secondary N) is 1. The van der Waals surface area contributed by atoms with Crippen molar-refractivity contribution in [3.05, 3.63) is 0 Å². The quantitative estimate of drug-likeness (QED) is 0.135. The topological polar surface area (TPSA) is 177 Å². The molecule has 2 heterocycles. The van der Waals surface area contributed by atoms with E-state index in [-0.39, 0.29) is 24.0 Å². The van der Waals surface area contributed by atoms with Gasteiger partial charge in [-0.25, -0.2) is 0 Å². The number of hydrogen-bond acceptors (Lipinski definition) is 9. The van der Waals surface area contributed by atoms with Gasteiger partial charge in [-0.3, -0.25) is 14.4 Å². The van der Waals surface area contributed by atoms with Crippen LogP contribution < -0.4 is 5.32 Å². The zero-order valence-corrected chi connectivity index (χ0v) is 21.8. The molecule has 0 aromatic rings. The molecule has 8 atom stereocenters. The van der Waals surface area contributed by atoms with Crippen LogP contribution >= 0.6 is 11.6 Å². The third kappa shape index (κ3) is 7.83. The molecule has 12 heteroatoms. The Morgan fingerprint density at radius 3 is 2.39 bits per heavy atom. The number of unbranched alkanes of at least 4 members (excludes halogenated alkanes) is 4. The van der Waals surface area contributed by atoms with Gasteiger partial charge in [-0.05, 0) is 39.5 Å². The predicted molar refractivity (Wildman–Crippen MR) is 130 cm³/mol. The van der Waals surface area contributed by atoms with Crippen molar-refractivity contribution in [2.45, 2.75) is 119 Å². The maximum Gasteiger partial charge on any atom is 0.243 e. The molecule has 36 heavy (non-hydrogen) atoms. The van der Waals surface area contributed by atoms with Gasteiger partial charge in [-0.1, -0.05) is 25.7 Å². The standard InChI is InChI=1S/C24H41ClN2O9/c1-14(15(2)29)26-22(33)17-10-8-12-27(17)23(34)16(25)9-6-4-3-5-7-11-24(35)21(32)20(31)19(30)18(13-28)36-24/h14,16-21,28,30-32,35H,3-13H2,1-2H3,(H,26,33)/t14-,16-,17-,18+,19-,20-,21+,24?/m0/s1. The highest BCUT2D eigenvalue weighted by Crippen LogP contribution is 2.32. The Morgan fingerprint density at radius 1 is 1.11 bits per heavy atom. The summed E-state index contributed by atoms with van der Waals surface area (Å²) >= 11 is 6.35. The zero-order chi connectivity index (χ0) is 27.0. The first-order valence-electron chi connectivity index (χ1n) is 12.7. The smallest absolute Gasteiger partial charge is 0.243 e. The van der Waals surface area contributed by atoms with Gasteiger partial charge in [-0.2, -0.15) is 0 Å². The predicted octanol–water partition coefficient (Wildman–Crippen LogP) is -0.428. The molecule has 2 rings (SSSR count). The second-order valence-electron chi connectivity index (χ2n) is 9.91. The van der Waals surface area contributed by atoms with Crippen LogP contribution in [0.15, 0.2) is 0 Å². The number of nitrogens with zero attached hydrogens (tertiary/aromatic N) is 1. The largest absolute Gasteiger partial charge is 0.394 e. The molecule has 0 aliphatic carbocycles. The van der Waals surface area contributed by atoms with E-state index in [1.165, 1.54) is 11.8 Å². The zero-order valence-electron chi connectivity index (χ0n) is 21.0. The number of alkyl halides is 1. The van der Waals surface area contributed by atoms with Crippen LogP contribution in [-0.2, 0) is 19.1 Å². The second kappa shape index (κ2) is 14.0. The van der Waals surface area contributed by atoms with Crippen molar-refractivity contribution in [1.82, 2.24) is 10.2 Å². The number of likely N-dealkylation sites (tertiary alicyclic amines) is 1. The van der Waals surface area contributed by atoms with Crippen molar-refractivity contribution < 1.29 is 44.7 Å². The molecule has 6 N–H and O–H groups in total. The lowest BCUT2D eigenvalue weighted by atomic mass is 9.89. The highest BCUT2D eigenvalue weighted by molar-refractivity contribution is 6.30. The minimum Gasteiger partial charge on any atom is -0.394 e. The van der Waals surface area contributed by atoms with E-state index in [2.05, 4.69) is 5.32 Å². The number of hydrogen-bond donors (Lipinski definition) is 6. The maximum atomic E-state index is 12.8. The lowest BCUT2D eigenvalue weighted by Crippen LogP contribution is -2.65. The van der Waals surface area contributed by atoms with Crippen molar-refractivity contribution in [3.63, 3.8) is 0 Å². The minimum absolute atomic E-state index is 0.0196. The van der Waals surface area contributed by atoms with Crippen LogP contribution in [0.4, 0.5) is 0 Å². The first-order valence-corrected chi connectivity index (χ1v) is 13.2. The summed E-state index contributed by atoms with van der Waals surface area (Å²) in [5.41, 5.74) is 0. The van der Waals surface area contributed by atoms with Gasteiger partial charge >= 0.3 is 0 Å². The molecule has 0 spiro atoms. The number of carbonyl (C=O) groups excluding carboxylic acids is 3. The number of Topliss-reactive ketones (excluding diaryl/α,β-unsaturated/α-hetero) is 1. The van der Waals surface area contributed by atoms with Gasteiger partial charge in [-0.15, -0.1) is 11.6 Å². The first kappa shape index (κ1) is 30.9. The first-order chi connectivity index (χ1) is 16.9. The summed E-state index contributed by atoms with van der Waals surface area (Å²) in [4.78, 5) is 38.2. The number of aliphatic hydroxyl groups excluding tert-OH is 4. The third-order valence-corrected chi connectivity index (χ3v) is 7.52. The lowest BCUT2D eigenvalue weighted by Gasteiger charge is -2.45. The Morgan fingerprint density at radius 2 is 1.75 bits per heavy atom. The molecule has 2 aliphatic rings. The molecule has 0 aromatic heterocycles. The molecule has 208 valence electrons. The van der Waals surface area contributed by atoms with Gasteiger partial charge in [0.15, 0.2) is 11.6 Å². The van der Waals surface area contributed by atoms with Crippen molar-refractivity contribution in [2.75, 3.05) is 13.2 Å². The molecule has 2 amide bonds. The SMILES string of the molecule is CC(=O)[C@H](C)NC(=O)[C@@H]1CCCN1C(=O)[C@@H](Cl)CCCCCCCC1(O)O[C@H](CO)[C@H](O)[C@H](O)[C@H]1O. The molecular weight excluding hydrogens is 496 g/mol. The van der Waals surface area contributed by atoms with Crippen LogP contribution in [-0.4, -0.2) is 109 Å².